The smallest absolute Gasteiger partial charge is 0.320 e. The number of rotatable bonds is 2. The molecule has 0 aromatic heterocycles. The number of carbonyl (C=O) groups is 1. The van der Waals surface area contributed by atoms with Crippen molar-refractivity contribution in [3.8, 4) is 11.8 Å². The molecule has 0 bridgehead atoms. The predicted octanol–water partition coefficient (Wildman–Crippen LogP) is 2.58. The number of carbonyl (C=O) groups excluding carboxylic acids is 1. The van der Waals surface area contributed by atoms with Crippen LogP contribution in [0.4, 0.5) is 0 Å². The van der Waals surface area contributed by atoms with Gasteiger partial charge in [-0.1, -0.05) is 5.92 Å². The van der Waals surface area contributed by atoms with E-state index in [0.29, 0.717) is 0 Å². The zero-order valence-corrected chi connectivity index (χ0v) is 9.58. The molecule has 83 valence electrons. The fourth-order valence-corrected chi connectivity index (χ4v) is 1.79. The van der Waals surface area contributed by atoms with Crippen molar-refractivity contribution in [3.63, 3.8) is 0 Å². The van der Waals surface area contributed by atoms with Gasteiger partial charge in [0.05, 0.1) is 7.11 Å². The molecular formula is C13H19O2. The first-order valence-corrected chi connectivity index (χ1v) is 5.62. The van der Waals surface area contributed by atoms with Crippen LogP contribution in [0.1, 0.15) is 39.0 Å². The van der Waals surface area contributed by atoms with Crippen LogP contribution in [0, 0.1) is 30.1 Å². The van der Waals surface area contributed by atoms with Crippen LogP contribution >= 0.6 is 0 Å². The van der Waals surface area contributed by atoms with Crippen molar-refractivity contribution in [3.05, 3.63) is 6.42 Å². The van der Waals surface area contributed by atoms with Gasteiger partial charge in [0.25, 0.3) is 0 Å². The summed E-state index contributed by atoms with van der Waals surface area (Å²) in [6, 6.07) is 0. The highest BCUT2D eigenvalue weighted by Gasteiger charge is 2.12. The highest BCUT2D eigenvalue weighted by Crippen LogP contribution is 2.25. The minimum atomic E-state index is -0.287. The fourth-order valence-electron chi connectivity index (χ4n) is 1.79. The molecule has 0 amide bonds. The lowest BCUT2D eigenvalue weighted by atomic mass is 9.87. The Balaban J connectivity index is 2.28. The number of hydrogen-bond acceptors (Lipinski definition) is 2. The Morgan fingerprint density at radius 1 is 1.53 bits per heavy atom. The molecule has 0 aromatic carbocycles. The zero-order chi connectivity index (χ0) is 11.1. The van der Waals surface area contributed by atoms with Crippen LogP contribution in [0.2, 0.25) is 0 Å². The first-order valence-electron chi connectivity index (χ1n) is 5.62. The normalized spacial score (nSPS) is 18.8. The quantitative estimate of drug-likeness (QED) is 0.514. The van der Waals surface area contributed by atoms with Crippen molar-refractivity contribution in [1.82, 2.24) is 0 Å². The molecule has 1 aliphatic carbocycles. The van der Waals surface area contributed by atoms with Crippen LogP contribution in [0.15, 0.2) is 0 Å². The van der Waals surface area contributed by atoms with Crippen LogP contribution in [-0.4, -0.2) is 13.1 Å². The maximum absolute atomic E-state index is 11.1. The molecular weight excluding hydrogens is 188 g/mol. The van der Waals surface area contributed by atoms with Gasteiger partial charge in [-0.15, -0.1) is 5.92 Å². The van der Waals surface area contributed by atoms with Gasteiger partial charge in [0, 0.05) is 6.42 Å². The standard InChI is InChI=1S/C13H19O2/c1-11(13(14)15-2)7-6-10-12-8-4-3-5-9-12/h3,11-12H,4-5,8-10H2,1-2H3. The van der Waals surface area contributed by atoms with Gasteiger partial charge in [-0.3, -0.25) is 4.79 Å². The summed E-state index contributed by atoms with van der Waals surface area (Å²) in [7, 11) is 1.40. The van der Waals surface area contributed by atoms with Crippen molar-refractivity contribution in [2.45, 2.75) is 39.0 Å². The Bertz CT molecular complexity index is 253. The van der Waals surface area contributed by atoms with E-state index < -0.39 is 0 Å². The van der Waals surface area contributed by atoms with Crippen molar-refractivity contribution < 1.29 is 9.53 Å². The van der Waals surface area contributed by atoms with E-state index in [-0.39, 0.29) is 11.9 Å². The summed E-state index contributed by atoms with van der Waals surface area (Å²) in [6.07, 6.45) is 8.22. The molecule has 0 spiro atoms. The molecule has 2 nitrogen and oxygen atoms in total. The first-order chi connectivity index (χ1) is 7.24. The topological polar surface area (TPSA) is 26.3 Å². The fraction of sp³-hybridized carbons (Fsp3) is 0.692. The van der Waals surface area contributed by atoms with Crippen molar-refractivity contribution in [2.24, 2.45) is 11.8 Å². The summed E-state index contributed by atoms with van der Waals surface area (Å²) < 4.78 is 4.61. The lowest BCUT2D eigenvalue weighted by molar-refractivity contribution is -0.142. The molecule has 1 fully saturated rings. The molecule has 0 N–H and O–H groups in total. The number of hydrogen-bond donors (Lipinski definition) is 0. The summed E-state index contributed by atoms with van der Waals surface area (Å²) in [4.78, 5) is 11.1. The van der Waals surface area contributed by atoms with E-state index in [4.69, 9.17) is 0 Å². The Labute approximate surface area is 92.4 Å². The van der Waals surface area contributed by atoms with Crippen LogP contribution in [0.3, 0.4) is 0 Å². The van der Waals surface area contributed by atoms with Crippen molar-refractivity contribution in [2.75, 3.05) is 7.11 Å². The Morgan fingerprint density at radius 3 is 2.80 bits per heavy atom. The van der Waals surface area contributed by atoms with Gasteiger partial charge < -0.3 is 4.74 Å². The molecule has 0 heterocycles. The van der Waals surface area contributed by atoms with Gasteiger partial charge in [-0.25, -0.2) is 0 Å². The van der Waals surface area contributed by atoms with Crippen LogP contribution in [0.5, 0.6) is 0 Å². The minimum Gasteiger partial charge on any atom is -0.468 e. The molecule has 0 aromatic rings. The zero-order valence-electron chi connectivity index (χ0n) is 9.58. The van der Waals surface area contributed by atoms with E-state index in [1.807, 2.05) is 0 Å². The lowest BCUT2D eigenvalue weighted by Gasteiger charge is -2.18. The maximum atomic E-state index is 11.1. The average molecular weight is 207 g/mol. The highest BCUT2D eigenvalue weighted by molar-refractivity contribution is 5.75. The first kappa shape index (κ1) is 12.1. The summed E-state index contributed by atoms with van der Waals surface area (Å²) in [6.45, 7) is 1.79. The molecule has 0 aliphatic heterocycles. The van der Waals surface area contributed by atoms with Crippen molar-refractivity contribution in [1.29, 1.82) is 0 Å². The molecule has 1 atom stereocenters. The van der Waals surface area contributed by atoms with Gasteiger partial charge in [-0.05, 0) is 44.9 Å². The molecule has 1 unspecified atom stereocenters. The molecule has 0 saturated heterocycles. The lowest BCUT2D eigenvalue weighted by Crippen LogP contribution is -2.10. The van der Waals surface area contributed by atoms with Gasteiger partial charge in [0.15, 0.2) is 0 Å². The van der Waals surface area contributed by atoms with E-state index in [0.717, 1.165) is 12.3 Å². The van der Waals surface area contributed by atoms with Crippen molar-refractivity contribution >= 4 is 5.97 Å². The van der Waals surface area contributed by atoms with Gasteiger partial charge >= 0.3 is 5.97 Å². The third-order valence-electron chi connectivity index (χ3n) is 2.82. The Hall–Kier alpha value is -0.970. The molecule has 15 heavy (non-hydrogen) atoms. The minimum absolute atomic E-state index is 0.237. The van der Waals surface area contributed by atoms with Gasteiger partial charge in [0.1, 0.15) is 5.92 Å². The number of ether oxygens (including phenoxy) is 1. The third-order valence-corrected chi connectivity index (χ3v) is 2.82. The van der Waals surface area contributed by atoms with Crippen LogP contribution < -0.4 is 0 Å². The number of methoxy groups -OCH3 is 1. The van der Waals surface area contributed by atoms with E-state index in [2.05, 4.69) is 23.0 Å². The van der Waals surface area contributed by atoms with Gasteiger partial charge in [-0.2, -0.15) is 0 Å². The summed E-state index contributed by atoms with van der Waals surface area (Å²) in [5.41, 5.74) is 0. The molecule has 1 radical (unpaired) electrons. The van der Waals surface area contributed by atoms with E-state index >= 15 is 0 Å². The average Bonchev–Trinajstić information content (AvgIpc) is 2.29. The second kappa shape index (κ2) is 6.50. The van der Waals surface area contributed by atoms with E-state index in [1.165, 1.54) is 32.8 Å². The second-order valence-electron chi connectivity index (χ2n) is 4.08. The van der Waals surface area contributed by atoms with Crippen LogP contribution in [-0.2, 0) is 9.53 Å². The van der Waals surface area contributed by atoms with E-state index in [9.17, 15) is 4.79 Å². The molecule has 1 aliphatic rings. The summed E-state index contributed by atoms with van der Waals surface area (Å²) >= 11 is 0. The summed E-state index contributed by atoms with van der Waals surface area (Å²) in [5, 5.41) is 0. The number of esters is 1. The monoisotopic (exact) mass is 207 g/mol. The third kappa shape index (κ3) is 4.38. The molecule has 1 rings (SSSR count). The maximum Gasteiger partial charge on any atom is 0.320 e. The molecule has 2 heteroatoms. The largest absolute Gasteiger partial charge is 0.468 e. The molecule has 1 saturated carbocycles. The van der Waals surface area contributed by atoms with Gasteiger partial charge in [0.2, 0.25) is 0 Å². The predicted molar refractivity (Wildman–Crippen MR) is 59.8 cm³/mol. The summed E-state index contributed by atoms with van der Waals surface area (Å²) in [5.74, 6) is 6.26. The van der Waals surface area contributed by atoms with Crippen LogP contribution in [0.25, 0.3) is 0 Å². The van der Waals surface area contributed by atoms with E-state index in [1.54, 1.807) is 6.92 Å². The Kier molecular flexibility index (Phi) is 5.25. The highest BCUT2D eigenvalue weighted by atomic mass is 16.5. The Morgan fingerprint density at radius 2 is 2.20 bits per heavy atom. The second-order valence-corrected chi connectivity index (χ2v) is 4.08. The SMILES string of the molecule is COC(=O)C(C)C#CCC1CC[CH]CC1.